The molecule has 0 spiro atoms. The van der Waals surface area contributed by atoms with E-state index >= 15 is 0 Å². The number of aromatic nitrogens is 4. The number of amides is 1. The van der Waals surface area contributed by atoms with E-state index in [-0.39, 0.29) is 40.6 Å². The summed E-state index contributed by atoms with van der Waals surface area (Å²) in [6.45, 7) is 16.6. The Kier molecular flexibility index (Phi) is 10.5. The minimum Gasteiger partial charge on any atom is -0.444 e. The molecule has 2 aromatic heterocycles. The van der Waals surface area contributed by atoms with Gasteiger partial charge in [0.25, 0.3) is 0 Å². The lowest BCUT2D eigenvalue weighted by atomic mass is 9.94. The van der Waals surface area contributed by atoms with Crippen LogP contribution in [0.15, 0.2) is 33.9 Å². The average Bonchev–Trinajstić information content (AvgIpc) is 3.90. The van der Waals surface area contributed by atoms with E-state index < -0.39 is 28.9 Å². The second-order valence-corrected chi connectivity index (χ2v) is 17.2. The lowest BCUT2D eigenvalue weighted by Gasteiger charge is -2.43. The first kappa shape index (κ1) is 39.1. The molecule has 2 atom stereocenters. The fourth-order valence-corrected chi connectivity index (χ4v) is 9.05. The Morgan fingerprint density at radius 3 is 1.60 bits per heavy atom. The first-order valence-corrected chi connectivity index (χ1v) is 19.3. The molecule has 1 amide bonds. The molecule has 4 aliphatic heterocycles. The zero-order chi connectivity index (χ0) is 39.4. The third-order valence-electron chi connectivity index (χ3n) is 12.2. The maximum atomic E-state index is 13.8. The molecule has 0 bridgehead atoms. The third kappa shape index (κ3) is 7.82. The average molecular weight is 773 g/mol. The van der Waals surface area contributed by atoms with Crippen molar-refractivity contribution < 1.29 is 27.1 Å². The highest BCUT2D eigenvalue weighted by molar-refractivity contribution is 5.76. The fourth-order valence-electron chi connectivity index (χ4n) is 9.05. The van der Waals surface area contributed by atoms with Gasteiger partial charge in [-0.1, -0.05) is 0 Å². The van der Waals surface area contributed by atoms with Crippen LogP contribution in [0.2, 0.25) is 0 Å². The van der Waals surface area contributed by atoms with E-state index in [9.17, 15) is 31.9 Å². The normalized spacial score (nSPS) is 24.9. The minimum atomic E-state index is -0.973. The van der Waals surface area contributed by atoms with Gasteiger partial charge in [-0.3, -0.25) is 18.9 Å². The van der Waals surface area contributed by atoms with Crippen LogP contribution in [0, 0.1) is 23.3 Å². The van der Waals surface area contributed by atoms with Gasteiger partial charge in [-0.25, -0.2) is 31.9 Å². The van der Waals surface area contributed by atoms with E-state index in [0.717, 1.165) is 89.2 Å². The maximum Gasteiger partial charge on any atom is 0.410 e. The number of halogens is 4. The molecule has 4 aromatic rings. The predicted octanol–water partition coefficient (Wildman–Crippen LogP) is 5.64. The van der Waals surface area contributed by atoms with Crippen molar-refractivity contribution in [3.63, 3.8) is 0 Å². The molecule has 55 heavy (non-hydrogen) atoms. The molecule has 3 N–H and O–H groups in total. The second-order valence-electron chi connectivity index (χ2n) is 17.2. The van der Waals surface area contributed by atoms with Crippen molar-refractivity contribution in [2.24, 2.45) is 0 Å². The Morgan fingerprint density at radius 1 is 0.709 bits per heavy atom. The molecular weight excluding hydrogens is 720 g/mol. The summed E-state index contributed by atoms with van der Waals surface area (Å²) in [5.41, 5.74) is 0.382. The van der Waals surface area contributed by atoms with Crippen molar-refractivity contribution >= 4 is 28.2 Å². The van der Waals surface area contributed by atoms with Gasteiger partial charge in [0.05, 0.1) is 22.1 Å². The van der Waals surface area contributed by atoms with E-state index in [1.165, 1.54) is 0 Å². The van der Waals surface area contributed by atoms with Gasteiger partial charge in [0.2, 0.25) is 0 Å². The van der Waals surface area contributed by atoms with Gasteiger partial charge in [-0.15, -0.1) is 0 Å². The summed E-state index contributed by atoms with van der Waals surface area (Å²) < 4.78 is 62.9. The van der Waals surface area contributed by atoms with Crippen LogP contribution in [-0.2, 0) is 4.74 Å². The van der Waals surface area contributed by atoms with Gasteiger partial charge < -0.3 is 24.9 Å². The summed E-state index contributed by atoms with van der Waals surface area (Å²) in [5, 5.41) is 3.41. The van der Waals surface area contributed by atoms with E-state index in [1.54, 1.807) is 14.0 Å². The summed E-state index contributed by atoms with van der Waals surface area (Å²) >= 11 is 0. The highest BCUT2D eigenvalue weighted by Crippen LogP contribution is 2.35. The number of piperidine rings is 2. The first-order valence-electron chi connectivity index (χ1n) is 19.3. The monoisotopic (exact) mass is 772 g/mol. The van der Waals surface area contributed by atoms with Crippen LogP contribution in [0.3, 0.4) is 0 Å². The topological polar surface area (TPSA) is 124 Å². The number of rotatable bonds is 4. The Labute approximate surface area is 316 Å². The summed E-state index contributed by atoms with van der Waals surface area (Å²) in [6.07, 6.45) is 4.81. The fraction of sp³-hybridized carbons (Fsp3) is 0.615. The summed E-state index contributed by atoms with van der Waals surface area (Å²) in [4.78, 5) is 49.1. The van der Waals surface area contributed by atoms with Crippen molar-refractivity contribution in [2.75, 3.05) is 52.4 Å². The molecule has 8 rings (SSSR count). The zero-order valence-corrected chi connectivity index (χ0v) is 32.2. The number of fused-ring (bicyclic) bond motifs is 2. The van der Waals surface area contributed by atoms with Crippen molar-refractivity contribution in [3.05, 3.63) is 68.5 Å². The van der Waals surface area contributed by atoms with Crippen LogP contribution in [0.25, 0.3) is 22.1 Å². The molecule has 4 aliphatic rings. The lowest BCUT2D eigenvalue weighted by Crippen LogP contribution is -2.52. The molecule has 300 valence electrons. The number of carbonyl (C=O) groups excluding carboxylic acids is 1. The number of nitrogens with one attached hydrogen (secondary N) is 3. The van der Waals surface area contributed by atoms with E-state index in [2.05, 4.69) is 38.9 Å². The number of imidazole rings is 2. The van der Waals surface area contributed by atoms with Crippen LogP contribution in [-0.4, -0.2) is 109 Å². The summed E-state index contributed by atoms with van der Waals surface area (Å²) in [5.74, 6) is -3.79. The van der Waals surface area contributed by atoms with Gasteiger partial charge in [-0.05, 0) is 79.7 Å². The number of ether oxygens (including phenoxy) is 1. The lowest BCUT2D eigenvalue weighted by molar-refractivity contribution is 0.0221. The van der Waals surface area contributed by atoms with Gasteiger partial charge in [0.15, 0.2) is 23.3 Å². The molecule has 0 aliphatic carbocycles. The highest BCUT2D eigenvalue weighted by atomic mass is 19.2. The molecule has 16 heteroatoms. The van der Waals surface area contributed by atoms with E-state index in [0.29, 0.717) is 48.0 Å². The summed E-state index contributed by atoms with van der Waals surface area (Å²) in [6, 6.07) is 4.23. The first-order chi connectivity index (χ1) is 25.9. The van der Waals surface area contributed by atoms with Gasteiger partial charge in [0, 0.05) is 93.2 Å². The number of hydrogen-bond donors (Lipinski definition) is 3. The SMILES string of the molecule is CC(C)(C)OC(=O)N1CCC(C)(N2CCC(n3c(=O)[nH]c4cc(F)c(F)cc43)CC2)C1.CC1(N2CCC(n3c(=O)[nH]c4cc(F)c(F)cc43)CC2)CCNC1. The number of likely N-dealkylation sites (tertiary alicyclic amines) is 3. The molecule has 0 radical (unpaired) electrons. The van der Waals surface area contributed by atoms with E-state index in [1.807, 2.05) is 20.8 Å². The van der Waals surface area contributed by atoms with Crippen molar-refractivity contribution in [1.82, 2.24) is 39.1 Å². The van der Waals surface area contributed by atoms with E-state index in [4.69, 9.17) is 4.74 Å². The second kappa shape index (κ2) is 14.7. The summed E-state index contributed by atoms with van der Waals surface area (Å²) in [7, 11) is 0. The smallest absolute Gasteiger partial charge is 0.410 e. The number of aromatic amines is 2. The number of H-pyrrole nitrogens is 2. The molecular formula is C39H52F4N8O4. The van der Waals surface area contributed by atoms with Gasteiger partial charge in [0.1, 0.15) is 5.60 Å². The Balaban J connectivity index is 0.000000174. The van der Waals surface area contributed by atoms with Crippen LogP contribution >= 0.6 is 0 Å². The number of carbonyl (C=O) groups is 1. The molecule has 2 aromatic carbocycles. The predicted molar refractivity (Wildman–Crippen MR) is 201 cm³/mol. The van der Waals surface area contributed by atoms with Crippen LogP contribution < -0.4 is 16.7 Å². The number of hydrogen-bond acceptors (Lipinski definition) is 7. The van der Waals surface area contributed by atoms with Crippen molar-refractivity contribution in [1.29, 1.82) is 0 Å². The molecule has 4 saturated heterocycles. The Hall–Kier alpha value is -4.15. The quantitative estimate of drug-likeness (QED) is 0.230. The van der Waals surface area contributed by atoms with Crippen LogP contribution in [0.1, 0.15) is 85.2 Å². The Morgan fingerprint density at radius 2 is 1.16 bits per heavy atom. The number of benzene rings is 2. The minimum absolute atomic E-state index is 0.0188. The zero-order valence-electron chi connectivity index (χ0n) is 32.2. The van der Waals surface area contributed by atoms with Crippen molar-refractivity contribution in [3.8, 4) is 0 Å². The largest absolute Gasteiger partial charge is 0.444 e. The van der Waals surface area contributed by atoms with Crippen LogP contribution in [0.5, 0.6) is 0 Å². The standard InChI is InChI=1S/C22H30F2N4O3.C17H22F2N4O/c1-21(2,3)31-20(30)26-10-7-22(4,13-26)27-8-5-14(6-9-27)28-18-12-16(24)15(23)11-17(18)25-19(28)29;1-17(4-5-20-10-17)22-6-2-11(3-7-22)23-15-9-13(19)12(18)8-14(15)21-16(23)24/h11-12,14H,5-10,13H2,1-4H3,(H,25,29);8-9,11,20H,2-7,10H2,1H3,(H,21,24). The number of nitrogens with zero attached hydrogens (tertiary/aromatic N) is 5. The molecule has 6 heterocycles. The Bertz CT molecular complexity index is 2170. The highest BCUT2D eigenvalue weighted by Gasteiger charge is 2.43. The van der Waals surface area contributed by atoms with Gasteiger partial charge in [-0.2, -0.15) is 0 Å². The van der Waals surface area contributed by atoms with Crippen LogP contribution in [0.4, 0.5) is 22.4 Å². The molecule has 4 fully saturated rings. The van der Waals surface area contributed by atoms with Crippen molar-refractivity contribution in [2.45, 2.75) is 102 Å². The van der Waals surface area contributed by atoms with Gasteiger partial charge >= 0.3 is 17.5 Å². The molecule has 0 saturated carbocycles. The maximum absolute atomic E-state index is 13.8. The molecule has 12 nitrogen and oxygen atoms in total. The third-order valence-corrected chi connectivity index (χ3v) is 12.2. The molecule has 2 unspecified atom stereocenters.